The van der Waals surface area contributed by atoms with Crippen molar-refractivity contribution in [3.05, 3.63) is 11.8 Å². The van der Waals surface area contributed by atoms with Gasteiger partial charge >= 0.3 is 5.97 Å². The van der Waals surface area contributed by atoms with E-state index in [1.807, 2.05) is 0 Å². The van der Waals surface area contributed by atoms with Gasteiger partial charge in [-0.1, -0.05) is 0 Å². The lowest BCUT2D eigenvalue weighted by Crippen LogP contribution is -2.09. The quantitative estimate of drug-likeness (QED) is 0.336. The summed E-state index contributed by atoms with van der Waals surface area (Å²) in [5, 5.41) is 17.0. The fourth-order valence-electron chi connectivity index (χ4n) is 0.570. The first kappa shape index (κ1) is 11.9. The molecule has 0 rings (SSSR count). The Balaban J connectivity index is 3.92. The van der Waals surface area contributed by atoms with Crippen molar-refractivity contribution in [3.8, 4) is 0 Å². The van der Waals surface area contributed by atoms with Gasteiger partial charge in [0.15, 0.2) is 0 Å². The second kappa shape index (κ2) is 7.57. The summed E-state index contributed by atoms with van der Waals surface area (Å²) in [7, 11) is 0. The third kappa shape index (κ3) is 6.12. The first-order chi connectivity index (χ1) is 6.22. The molecule has 0 heterocycles. The van der Waals surface area contributed by atoms with Gasteiger partial charge in [-0.3, -0.25) is 0 Å². The maximum Gasteiger partial charge on any atom is 0.337 e. The minimum absolute atomic E-state index is 0.0112. The summed E-state index contributed by atoms with van der Waals surface area (Å²) >= 11 is 0. The molecule has 0 saturated carbocycles. The Morgan fingerprint density at radius 1 is 1.54 bits per heavy atom. The number of aliphatic hydroxyl groups is 1. The zero-order chi connectivity index (χ0) is 10.1. The molecule has 5 nitrogen and oxygen atoms in total. The van der Waals surface area contributed by atoms with E-state index >= 15 is 0 Å². The van der Waals surface area contributed by atoms with E-state index in [1.54, 1.807) is 6.92 Å². The fourth-order valence-corrected chi connectivity index (χ4v) is 0.570. The molecule has 0 aromatic rings. The van der Waals surface area contributed by atoms with Crippen LogP contribution in [0.1, 0.15) is 6.92 Å². The van der Waals surface area contributed by atoms with Crippen molar-refractivity contribution in [2.45, 2.75) is 6.92 Å². The lowest BCUT2D eigenvalue weighted by atomic mass is 10.3. The van der Waals surface area contributed by atoms with E-state index in [0.717, 1.165) is 6.26 Å². The second-order valence-electron chi connectivity index (χ2n) is 2.18. The zero-order valence-electron chi connectivity index (χ0n) is 7.52. The normalized spacial score (nSPS) is 11.4. The van der Waals surface area contributed by atoms with Crippen LogP contribution in [-0.4, -0.2) is 42.6 Å². The maximum absolute atomic E-state index is 10.5. The molecular weight excluding hydrogens is 176 g/mol. The van der Waals surface area contributed by atoms with Gasteiger partial charge in [-0.15, -0.1) is 0 Å². The van der Waals surface area contributed by atoms with Gasteiger partial charge in [-0.25, -0.2) is 4.79 Å². The Morgan fingerprint density at radius 3 is 2.69 bits per heavy atom. The standard InChI is InChI=1S/C8H14O5/c1-2-12-5-7(8(10)11)6-13-4-3-9/h6,9H,2-5H2,1H3,(H,10,11). The molecule has 0 radical (unpaired) electrons. The Labute approximate surface area is 76.6 Å². The molecule has 0 unspecified atom stereocenters. The van der Waals surface area contributed by atoms with E-state index in [1.165, 1.54) is 0 Å². The van der Waals surface area contributed by atoms with Crippen LogP contribution in [0.15, 0.2) is 11.8 Å². The largest absolute Gasteiger partial charge is 0.498 e. The smallest absolute Gasteiger partial charge is 0.337 e. The van der Waals surface area contributed by atoms with E-state index < -0.39 is 5.97 Å². The number of aliphatic carboxylic acids is 1. The topological polar surface area (TPSA) is 76.0 Å². The van der Waals surface area contributed by atoms with Crippen molar-refractivity contribution in [3.63, 3.8) is 0 Å². The number of carboxylic acids is 1. The van der Waals surface area contributed by atoms with Gasteiger partial charge in [-0.2, -0.15) is 0 Å². The van der Waals surface area contributed by atoms with Crippen LogP contribution in [0.5, 0.6) is 0 Å². The van der Waals surface area contributed by atoms with E-state index in [0.29, 0.717) is 6.61 Å². The molecule has 0 aromatic carbocycles. The number of aliphatic hydroxyl groups excluding tert-OH is 1. The van der Waals surface area contributed by atoms with Crippen molar-refractivity contribution in [1.29, 1.82) is 0 Å². The minimum atomic E-state index is -1.08. The van der Waals surface area contributed by atoms with Gasteiger partial charge in [0.05, 0.1) is 25.0 Å². The molecular formula is C8H14O5. The van der Waals surface area contributed by atoms with Gasteiger partial charge in [0.1, 0.15) is 6.61 Å². The highest BCUT2D eigenvalue weighted by molar-refractivity contribution is 5.86. The van der Waals surface area contributed by atoms with Crippen LogP contribution in [0.4, 0.5) is 0 Å². The van der Waals surface area contributed by atoms with Crippen molar-refractivity contribution in [2.75, 3.05) is 26.4 Å². The molecule has 0 aromatic heterocycles. The highest BCUT2D eigenvalue weighted by Gasteiger charge is 2.06. The second-order valence-corrected chi connectivity index (χ2v) is 2.18. The highest BCUT2D eigenvalue weighted by atomic mass is 16.5. The third-order valence-electron chi connectivity index (χ3n) is 1.17. The fraction of sp³-hybridized carbons (Fsp3) is 0.625. The van der Waals surface area contributed by atoms with Crippen LogP contribution < -0.4 is 0 Å². The van der Waals surface area contributed by atoms with E-state index in [4.69, 9.17) is 19.7 Å². The van der Waals surface area contributed by atoms with Gasteiger partial charge in [0, 0.05) is 6.61 Å². The van der Waals surface area contributed by atoms with Gasteiger partial charge in [0.2, 0.25) is 0 Å². The van der Waals surface area contributed by atoms with Crippen molar-refractivity contribution in [1.82, 2.24) is 0 Å². The van der Waals surface area contributed by atoms with Gasteiger partial charge in [0.25, 0.3) is 0 Å². The third-order valence-corrected chi connectivity index (χ3v) is 1.17. The number of carbonyl (C=O) groups is 1. The molecule has 0 amide bonds. The summed E-state index contributed by atoms with van der Waals surface area (Å²) in [6.45, 7) is 2.18. The summed E-state index contributed by atoms with van der Waals surface area (Å²) in [5.74, 6) is -1.08. The molecule has 0 spiro atoms. The highest BCUT2D eigenvalue weighted by Crippen LogP contribution is 1.96. The van der Waals surface area contributed by atoms with Crippen LogP contribution in [0.3, 0.4) is 0 Å². The van der Waals surface area contributed by atoms with E-state index in [2.05, 4.69) is 0 Å². The average Bonchev–Trinajstić information content (AvgIpc) is 2.10. The molecule has 0 aliphatic carbocycles. The number of carboxylic acid groups (broad SMARTS) is 1. The number of hydrogen-bond donors (Lipinski definition) is 2. The zero-order valence-corrected chi connectivity index (χ0v) is 7.52. The summed E-state index contributed by atoms with van der Waals surface area (Å²) < 4.78 is 9.63. The van der Waals surface area contributed by atoms with E-state index in [9.17, 15) is 4.79 Å². The molecule has 5 heteroatoms. The molecule has 0 saturated heterocycles. The molecule has 13 heavy (non-hydrogen) atoms. The SMILES string of the molecule is CCOCC(=COCCO)C(=O)O. The predicted molar refractivity (Wildman–Crippen MR) is 45.2 cm³/mol. The van der Waals surface area contributed by atoms with Gasteiger partial charge in [-0.05, 0) is 6.92 Å². The molecule has 2 N–H and O–H groups in total. The Bertz CT molecular complexity index is 175. The lowest BCUT2D eigenvalue weighted by molar-refractivity contribution is -0.133. The molecule has 0 bridgehead atoms. The number of hydrogen-bond acceptors (Lipinski definition) is 4. The lowest BCUT2D eigenvalue weighted by Gasteiger charge is -2.02. The minimum Gasteiger partial charge on any atom is -0.498 e. The van der Waals surface area contributed by atoms with Crippen molar-refractivity contribution in [2.24, 2.45) is 0 Å². The predicted octanol–water partition coefficient (Wildman–Crippen LogP) is 0.000300. The Hall–Kier alpha value is -1.07. The van der Waals surface area contributed by atoms with Crippen LogP contribution in [0, 0.1) is 0 Å². The molecule has 76 valence electrons. The molecule has 0 aliphatic rings. The summed E-state index contributed by atoms with van der Waals surface area (Å²) in [5.41, 5.74) is 0.0373. The molecule has 0 aliphatic heterocycles. The molecule has 0 atom stereocenters. The first-order valence-corrected chi connectivity index (χ1v) is 3.95. The van der Waals surface area contributed by atoms with Crippen LogP contribution in [-0.2, 0) is 14.3 Å². The summed E-state index contributed by atoms with van der Waals surface area (Å²) in [6.07, 6.45) is 1.09. The maximum atomic E-state index is 10.5. The van der Waals surface area contributed by atoms with Gasteiger partial charge < -0.3 is 19.7 Å². The van der Waals surface area contributed by atoms with Crippen molar-refractivity contribution >= 4 is 5.97 Å². The Morgan fingerprint density at radius 2 is 2.23 bits per heavy atom. The summed E-state index contributed by atoms with van der Waals surface area (Å²) in [6, 6.07) is 0. The Kier molecular flexibility index (Phi) is 6.95. The van der Waals surface area contributed by atoms with Crippen LogP contribution in [0.25, 0.3) is 0 Å². The monoisotopic (exact) mass is 190 g/mol. The van der Waals surface area contributed by atoms with Crippen molar-refractivity contribution < 1.29 is 24.5 Å². The number of rotatable bonds is 7. The van der Waals surface area contributed by atoms with Crippen LogP contribution >= 0.6 is 0 Å². The average molecular weight is 190 g/mol. The molecule has 0 fully saturated rings. The van der Waals surface area contributed by atoms with E-state index in [-0.39, 0.29) is 25.4 Å². The van der Waals surface area contributed by atoms with Crippen LogP contribution in [0.2, 0.25) is 0 Å². The number of ether oxygens (including phenoxy) is 2. The summed E-state index contributed by atoms with van der Waals surface area (Å²) in [4.78, 5) is 10.5. The first-order valence-electron chi connectivity index (χ1n) is 3.95.